The van der Waals surface area contributed by atoms with Crippen LogP contribution in [0.5, 0.6) is 0 Å². The molecule has 0 spiro atoms. The van der Waals surface area contributed by atoms with Gasteiger partial charge in [0.1, 0.15) is 0 Å². The summed E-state index contributed by atoms with van der Waals surface area (Å²) < 4.78 is 1.13. The van der Waals surface area contributed by atoms with Crippen molar-refractivity contribution in [1.82, 2.24) is 0 Å². The van der Waals surface area contributed by atoms with E-state index in [0.717, 1.165) is 10.9 Å². The minimum atomic E-state index is 0.730. The summed E-state index contributed by atoms with van der Waals surface area (Å²) in [4.78, 5) is 0. The van der Waals surface area contributed by atoms with Crippen LogP contribution in [0.1, 0.15) is 11.1 Å². The molecule has 0 fully saturated rings. The summed E-state index contributed by atoms with van der Waals surface area (Å²) >= 11 is 3.42. The van der Waals surface area contributed by atoms with Crippen molar-refractivity contribution in [2.24, 2.45) is 0 Å². The zero-order valence-corrected chi connectivity index (χ0v) is 7.98. The van der Waals surface area contributed by atoms with Gasteiger partial charge in [0.05, 0.1) is 0 Å². The van der Waals surface area contributed by atoms with Crippen LogP contribution in [0.4, 0.5) is 0 Å². The maximum Gasteiger partial charge on any atom is 0.0204 e. The summed E-state index contributed by atoms with van der Waals surface area (Å²) in [6.45, 7) is 2.05. The van der Waals surface area contributed by atoms with Crippen molar-refractivity contribution in [3.63, 3.8) is 0 Å². The summed E-state index contributed by atoms with van der Waals surface area (Å²) in [6, 6.07) is 6.14. The van der Waals surface area contributed by atoms with E-state index in [-0.39, 0.29) is 0 Å². The molecule has 1 N–H and O–H groups in total. The van der Waals surface area contributed by atoms with Crippen molar-refractivity contribution >= 4 is 22.1 Å². The van der Waals surface area contributed by atoms with Gasteiger partial charge in [0.2, 0.25) is 0 Å². The molecule has 0 unspecified atom stereocenters. The molecule has 1 nitrogen and oxygen atoms in total. The fraction of sp³-hybridized carbons (Fsp3) is 0.222. The molecule has 58 valence electrons. The van der Waals surface area contributed by atoms with E-state index in [1.54, 1.807) is 0 Å². The molecule has 0 aliphatic carbocycles. The Morgan fingerprint density at radius 2 is 2.27 bits per heavy atom. The number of hydrogen-bond donors (Lipinski definition) is 1. The summed E-state index contributed by atoms with van der Waals surface area (Å²) in [5.41, 5.74) is 2.42. The second-order valence-corrected chi connectivity index (χ2v) is 3.35. The van der Waals surface area contributed by atoms with Crippen molar-refractivity contribution in [1.29, 1.82) is 5.41 Å². The predicted molar refractivity (Wildman–Crippen MR) is 51.4 cm³/mol. The molecule has 0 bridgehead atoms. The lowest BCUT2D eigenvalue weighted by atomic mass is 10.1. The second kappa shape index (κ2) is 3.67. The van der Waals surface area contributed by atoms with Gasteiger partial charge in [-0.3, -0.25) is 0 Å². The van der Waals surface area contributed by atoms with Crippen LogP contribution in [-0.4, -0.2) is 6.21 Å². The Kier molecular flexibility index (Phi) is 2.83. The van der Waals surface area contributed by atoms with E-state index in [1.165, 1.54) is 17.3 Å². The predicted octanol–water partition coefficient (Wildman–Crippen LogP) is 2.95. The van der Waals surface area contributed by atoms with Crippen LogP contribution in [-0.2, 0) is 6.42 Å². The summed E-state index contributed by atoms with van der Waals surface area (Å²) in [5.74, 6) is 0. The molecule has 0 radical (unpaired) electrons. The third-order valence-corrected chi connectivity index (χ3v) is 2.45. The number of nitrogens with one attached hydrogen (secondary N) is 1. The standard InChI is InChI=1S/C9H10BrN/c1-7-6-8(4-5-11)2-3-9(7)10/h2-3,5-6,11H,4H2,1H3. The van der Waals surface area contributed by atoms with Gasteiger partial charge < -0.3 is 5.41 Å². The van der Waals surface area contributed by atoms with E-state index in [2.05, 4.69) is 28.9 Å². The first-order valence-electron chi connectivity index (χ1n) is 3.48. The first-order chi connectivity index (χ1) is 5.24. The Bertz CT molecular complexity index is 268. The summed E-state index contributed by atoms with van der Waals surface area (Å²) in [7, 11) is 0. The molecule has 1 aromatic carbocycles. The molecule has 0 aliphatic heterocycles. The van der Waals surface area contributed by atoms with Gasteiger partial charge in [-0.25, -0.2) is 0 Å². The average molecular weight is 212 g/mol. The Labute approximate surface area is 75.1 Å². The molecule has 2 heteroatoms. The van der Waals surface area contributed by atoms with Gasteiger partial charge in [0.15, 0.2) is 0 Å². The summed E-state index contributed by atoms with van der Waals surface area (Å²) in [6.07, 6.45) is 2.15. The monoisotopic (exact) mass is 211 g/mol. The maximum atomic E-state index is 6.93. The van der Waals surface area contributed by atoms with Crippen LogP contribution in [0.15, 0.2) is 22.7 Å². The van der Waals surface area contributed by atoms with E-state index in [1.807, 2.05) is 12.1 Å². The molecular formula is C9H10BrN. The number of aryl methyl sites for hydroxylation is 1. The van der Waals surface area contributed by atoms with Gasteiger partial charge in [-0.2, -0.15) is 0 Å². The summed E-state index contributed by atoms with van der Waals surface area (Å²) in [5, 5.41) is 6.93. The highest BCUT2D eigenvalue weighted by molar-refractivity contribution is 9.10. The molecule has 0 aromatic heterocycles. The number of halogens is 1. The molecule has 0 saturated heterocycles. The van der Waals surface area contributed by atoms with Crippen LogP contribution in [0.25, 0.3) is 0 Å². The van der Waals surface area contributed by atoms with Crippen molar-refractivity contribution in [2.75, 3.05) is 0 Å². The van der Waals surface area contributed by atoms with E-state index < -0.39 is 0 Å². The van der Waals surface area contributed by atoms with Crippen LogP contribution in [0.2, 0.25) is 0 Å². The lowest BCUT2D eigenvalue weighted by Gasteiger charge is -1.99. The molecule has 0 amide bonds. The molecule has 11 heavy (non-hydrogen) atoms. The largest absolute Gasteiger partial charge is 0.313 e. The van der Waals surface area contributed by atoms with E-state index in [9.17, 15) is 0 Å². The Hall–Kier alpha value is -0.630. The first kappa shape index (κ1) is 8.47. The number of rotatable bonds is 2. The average Bonchev–Trinajstić information content (AvgIpc) is 1.98. The first-order valence-corrected chi connectivity index (χ1v) is 4.27. The zero-order valence-electron chi connectivity index (χ0n) is 6.39. The smallest absolute Gasteiger partial charge is 0.0204 e. The van der Waals surface area contributed by atoms with Crippen molar-refractivity contribution in [3.05, 3.63) is 33.8 Å². The van der Waals surface area contributed by atoms with Gasteiger partial charge in [0.25, 0.3) is 0 Å². The lowest BCUT2D eigenvalue weighted by molar-refractivity contribution is 1.29. The van der Waals surface area contributed by atoms with E-state index in [0.29, 0.717) is 0 Å². The normalized spacial score (nSPS) is 9.64. The highest BCUT2D eigenvalue weighted by Gasteiger charge is 1.94. The van der Waals surface area contributed by atoms with Crippen LogP contribution in [0.3, 0.4) is 0 Å². The number of benzene rings is 1. The minimum Gasteiger partial charge on any atom is -0.313 e. The Balaban J connectivity index is 2.95. The van der Waals surface area contributed by atoms with E-state index >= 15 is 0 Å². The molecule has 0 heterocycles. The fourth-order valence-corrected chi connectivity index (χ4v) is 1.20. The topological polar surface area (TPSA) is 23.9 Å². The van der Waals surface area contributed by atoms with Gasteiger partial charge in [-0.1, -0.05) is 28.1 Å². The van der Waals surface area contributed by atoms with Crippen molar-refractivity contribution in [3.8, 4) is 0 Å². The van der Waals surface area contributed by atoms with Crippen LogP contribution < -0.4 is 0 Å². The van der Waals surface area contributed by atoms with Gasteiger partial charge in [0, 0.05) is 10.9 Å². The highest BCUT2D eigenvalue weighted by Crippen LogP contribution is 2.16. The second-order valence-electron chi connectivity index (χ2n) is 2.49. The lowest BCUT2D eigenvalue weighted by Crippen LogP contribution is -1.86. The maximum absolute atomic E-state index is 6.93. The Morgan fingerprint density at radius 1 is 1.55 bits per heavy atom. The van der Waals surface area contributed by atoms with Gasteiger partial charge >= 0.3 is 0 Å². The SMILES string of the molecule is Cc1cc(CC=N)ccc1Br. The zero-order chi connectivity index (χ0) is 8.27. The van der Waals surface area contributed by atoms with Gasteiger partial charge in [-0.15, -0.1) is 0 Å². The van der Waals surface area contributed by atoms with Gasteiger partial charge in [-0.05, 0) is 30.3 Å². The highest BCUT2D eigenvalue weighted by atomic mass is 79.9. The van der Waals surface area contributed by atoms with Crippen molar-refractivity contribution in [2.45, 2.75) is 13.3 Å². The molecule has 1 aromatic rings. The third-order valence-electron chi connectivity index (χ3n) is 1.56. The molecular weight excluding hydrogens is 202 g/mol. The minimum absolute atomic E-state index is 0.730. The van der Waals surface area contributed by atoms with Crippen LogP contribution in [0, 0.1) is 12.3 Å². The number of hydrogen-bond acceptors (Lipinski definition) is 1. The fourth-order valence-electron chi connectivity index (χ4n) is 0.952. The van der Waals surface area contributed by atoms with E-state index in [4.69, 9.17) is 5.41 Å². The quantitative estimate of drug-likeness (QED) is 0.728. The molecule has 0 aliphatic rings. The third kappa shape index (κ3) is 2.15. The molecule has 1 rings (SSSR count). The van der Waals surface area contributed by atoms with Crippen LogP contribution >= 0.6 is 15.9 Å². The Morgan fingerprint density at radius 3 is 2.82 bits per heavy atom. The van der Waals surface area contributed by atoms with Crippen molar-refractivity contribution < 1.29 is 0 Å². The molecule has 0 atom stereocenters. The molecule has 0 saturated carbocycles.